The van der Waals surface area contributed by atoms with Gasteiger partial charge in [-0.2, -0.15) is 18.3 Å². The predicted molar refractivity (Wildman–Crippen MR) is 56.6 cm³/mol. The molecular formula is C10H16F3N3O. The van der Waals surface area contributed by atoms with E-state index in [-0.39, 0.29) is 6.04 Å². The van der Waals surface area contributed by atoms with Crippen LogP contribution in [0.4, 0.5) is 13.2 Å². The van der Waals surface area contributed by atoms with Gasteiger partial charge in [0.2, 0.25) is 0 Å². The summed E-state index contributed by atoms with van der Waals surface area (Å²) in [5.74, 6) is 0. The molecule has 1 atom stereocenters. The second-order valence-electron chi connectivity index (χ2n) is 3.80. The summed E-state index contributed by atoms with van der Waals surface area (Å²) in [7, 11) is 1.60. The minimum Gasteiger partial charge on any atom is -0.383 e. The lowest BCUT2D eigenvalue weighted by Gasteiger charge is -2.12. The zero-order chi connectivity index (χ0) is 12.9. The second kappa shape index (κ2) is 6.02. The number of nitrogens with zero attached hydrogens (tertiary/aromatic N) is 2. The first-order valence-electron chi connectivity index (χ1n) is 5.25. The van der Waals surface area contributed by atoms with E-state index in [1.807, 2.05) is 6.92 Å². The minimum atomic E-state index is -4.32. The molecule has 1 N–H and O–H groups in total. The second-order valence-corrected chi connectivity index (χ2v) is 3.80. The van der Waals surface area contributed by atoms with E-state index in [0.29, 0.717) is 19.7 Å². The van der Waals surface area contributed by atoms with Crippen molar-refractivity contribution in [1.82, 2.24) is 15.1 Å². The van der Waals surface area contributed by atoms with Crippen LogP contribution >= 0.6 is 0 Å². The van der Waals surface area contributed by atoms with E-state index in [0.717, 1.165) is 12.4 Å². The van der Waals surface area contributed by atoms with Crippen molar-refractivity contribution in [2.45, 2.75) is 25.7 Å². The Hall–Kier alpha value is -1.08. The maximum absolute atomic E-state index is 12.3. The highest BCUT2D eigenvalue weighted by molar-refractivity contribution is 5.08. The fourth-order valence-corrected chi connectivity index (χ4v) is 1.37. The first kappa shape index (κ1) is 14.0. The minimum absolute atomic E-state index is 0.164. The third-order valence-electron chi connectivity index (χ3n) is 2.21. The summed E-state index contributed by atoms with van der Waals surface area (Å²) in [4.78, 5) is 0. The van der Waals surface area contributed by atoms with Crippen LogP contribution in [0.3, 0.4) is 0 Å². The Morgan fingerprint density at radius 3 is 2.76 bits per heavy atom. The normalized spacial score (nSPS) is 13.9. The van der Waals surface area contributed by atoms with E-state index in [1.165, 1.54) is 4.68 Å². The van der Waals surface area contributed by atoms with Crippen LogP contribution in [0.25, 0.3) is 0 Å². The molecule has 7 heteroatoms. The summed E-state index contributed by atoms with van der Waals surface area (Å²) in [6.07, 6.45) is -2.49. The van der Waals surface area contributed by atoms with Crippen LogP contribution in [0.15, 0.2) is 12.4 Å². The maximum atomic E-state index is 12.3. The summed E-state index contributed by atoms with van der Waals surface area (Å²) < 4.78 is 43.0. The number of methoxy groups -OCH3 is 1. The van der Waals surface area contributed by atoms with Crippen molar-refractivity contribution < 1.29 is 17.9 Å². The average Bonchev–Trinajstić information content (AvgIpc) is 2.66. The number of hydrogen-bond donors (Lipinski definition) is 1. The molecule has 0 fully saturated rings. The topological polar surface area (TPSA) is 39.1 Å². The van der Waals surface area contributed by atoms with Crippen molar-refractivity contribution in [2.75, 3.05) is 20.3 Å². The van der Waals surface area contributed by atoms with Gasteiger partial charge in [0.15, 0.2) is 0 Å². The van der Waals surface area contributed by atoms with Crippen LogP contribution < -0.4 is 5.32 Å². The fraction of sp³-hybridized carbons (Fsp3) is 0.700. The molecule has 1 aromatic rings. The van der Waals surface area contributed by atoms with Gasteiger partial charge < -0.3 is 10.1 Å². The molecule has 1 aromatic heterocycles. The fourth-order valence-electron chi connectivity index (χ4n) is 1.37. The predicted octanol–water partition coefficient (Wildman–Crippen LogP) is 1.53. The van der Waals surface area contributed by atoms with Gasteiger partial charge in [0.25, 0.3) is 0 Å². The van der Waals surface area contributed by atoms with Gasteiger partial charge in [-0.15, -0.1) is 0 Å². The number of nitrogens with one attached hydrogen (secondary N) is 1. The number of ether oxygens (including phenoxy) is 1. The Bertz CT molecular complexity index is 338. The van der Waals surface area contributed by atoms with Gasteiger partial charge >= 0.3 is 6.18 Å². The molecule has 0 amide bonds. The molecule has 0 aliphatic carbocycles. The van der Waals surface area contributed by atoms with Crippen LogP contribution in [-0.4, -0.2) is 36.1 Å². The molecule has 0 aromatic carbocycles. The third-order valence-corrected chi connectivity index (χ3v) is 2.21. The van der Waals surface area contributed by atoms with Crippen molar-refractivity contribution in [1.29, 1.82) is 0 Å². The number of halogens is 3. The van der Waals surface area contributed by atoms with Crippen molar-refractivity contribution in [2.24, 2.45) is 0 Å². The van der Waals surface area contributed by atoms with E-state index >= 15 is 0 Å². The zero-order valence-corrected chi connectivity index (χ0v) is 9.79. The first-order valence-corrected chi connectivity index (χ1v) is 5.25. The largest absolute Gasteiger partial charge is 0.419 e. The Morgan fingerprint density at radius 2 is 2.24 bits per heavy atom. The van der Waals surface area contributed by atoms with E-state index in [1.54, 1.807) is 7.11 Å². The van der Waals surface area contributed by atoms with Crippen molar-refractivity contribution in [3.8, 4) is 0 Å². The van der Waals surface area contributed by atoms with E-state index in [4.69, 9.17) is 4.74 Å². The molecule has 4 nitrogen and oxygen atoms in total. The molecule has 0 aliphatic rings. The van der Waals surface area contributed by atoms with Gasteiger partial charge in [-0.05, 0) is 6.92 Å². The number of alkyl halides is 3. The summed E-state index contributed by atoms with van der Waals surface area (Å²) in [5.41, 5.74) is -0.720. The van der Waals surface area contributed by atoms with Gasteiger partial charge in [-0.3, -0.25) is 4.68 Å². The molecule has 17 heavy (non-hydrogen) atoms. The zero-order valence-electron chi connectivity index (χ0n) is 9.79. The molecular weight excluding hydrogens is 235 g/mol. The van der Waals surface area contributed by atoms with E-state index in [2.05, 4.69) is 10.4 Å². The molecule has 0 saturated heterocycles. The highest BCUT2D eigenvalue weighted by Crippen LogP contribution is 2.28. The Labute approximate surface area is 97.8 Å². The van der Waals surface area contributed by atoms with E-state index < -0.39 is 11.7 Å². The standard InChI is InChI=1S/C10H16F3N3O/c1-8(7-17-2)14-3-4-16-6-9(5-15-16)10(11,12)13/h5-6,8,14H,3-4,7H2,1-2H3. The van der Waals surface area contributed by atoms with Crippen molar-refractivity contribution in [3.05, 3.63) is 18.0 Å². The Kier molecular flexibility index (Phi) is 4.95. The average molecular weight is 251 g/mol. The number of rotatable bonds is 6. The lowest BCUT2D eigenvalue weighted by Crippen LogP contribution is -2.32. The molecule has 0 bridgehead atoms. The molecule has 1 unspecified atom stereocenters. The third kappa shape index (κ3) is 4.74. The van der Waals surface area contributed by atoms with E-state index in [9.17, 15) is 13.2 Å². The summed E-state index contributed by atoms with van der Waals surface area (Å²) in [6.45, 7) is 3.44. The first-order chi connectivity index (χ1) is 7.93. The summed E-state index contributed by atoms with van der Waals surface area (Å²) >= 11 is 0. The highest BCUT2D eigenvalue weighted by Gasteiger charge is 2.32. The lowest BCUT2D eigenvalue weighted by molar-refractivity contribution is -0.137. The highest BCUT2D eigenvalue weighted by atomic mass is 19.4. The van der Waals surface area contributed by atoms with Crippen LogP contribution in [0, 0.1) is 0 Å². The van der Waals surface area contributed by atoms with Gasteiger partial charge in [-0.25, -0.2) is 0 Å². The van der Waals surface area contributed by atoms with Crippen molar-refractivity contribution in [3.63, 3.8) is 0 Å². The molecule has 1 rings (SSSR count). The molecule has 0 aliphatic heterocycles. The quantitative estimate of drug-likeness (QED) is 0.833. The molecule has 1 heterocycles. The molecule has 0 saturated carbocycles. The Balaban J connectivity index is 2.35. The van der Waals surface area contributed by atoms with Crippen LogP contribution in [-0.2, 0) is 17.5 Å². The maximum Gasteiger partial charge on any atom is 0.419 e. The smallest absolute Gasteiger partial charge is 0.383 e. The molecule has 0 radical (unpaired) electrons. The monoisotopic (exact) mass is 251 g/mol. The number of aromatic nitrogens is 2. The summed E-state index contributed by atoms with van der Waals surface area (Å²) in [5, 5.41) is 6.76. The van der Waals surface area contributed by atoms with Crippen molar-refractivity contribution >= 4 is 0 Å². The van der Waals surface area contributed by atoms with Gasteiger partial charge in [0.1, 0.15) is 0 Å². The Morgan fingerprint density at radius 1 is 1.53 bits per heavy atom. The van der Waals surface area contributed by atoms with Gasteiger partial charge in [-0.1, -0.05) is 0 Å². The summed E-state index contributed by atoms with van der Waals surface area (Å²) in [6, 6.07) is 0.164. The van der Waals surface area contributed by atoms with Crippen LogP contribution in [0.1, 0.15) is 12.5 Å². The molecule has 0 spiro atoms. The SMILES string of the molecule is COCC(C)NCCn1cc(C(F)(F)F)cn1. The van der Waals surface area contributed by atoms with Gasteiger partial charge in [0, 0.05) is 25.9 Å². The lowest BCUT2D eigenvalue weighted by atomic mass is 10.3. The van der Waals surface area contributed by atoms with Gasteiger partial charge in [0.05, 0.1) is 24.9 Å². The molecule has 98 valence electrons. The van der Waals surface area contributed by atoms with Crippen LogP contribution in [0.5, 0.6) is 0 Å². The number of hydrogen-bond acceptors (Lipinski definition) is 3. The van der Waals surface area contributed by atoms with Crippen LogP contribution in [0.2, 0.25) is 0 Å².